The van der Waals surface area contributed by atoms with Crippen LogP contribution in [0.25, 0.3) is 0 Å². The van der Waals surface area contributed by atoms with Gasteiger partial charge in [0.2, 0.25) is 5.75 Å². The van der Waals surface area contributed by atoms with Crippen molar-refractivity contribution in [3.05, 3.63) is 62.1 Å². The molecule has 0 saturated carbocycles. The second-order valence-electron chi connectivity index (χ2n) is 3.82. The first-order chi connectivity index (χ1) is 9.54. The maximum absolute atomic E-state index is 11.0. The van der Waals surface area contributed by atoms with Gasteiger partial charge in [0, 0.05) is 16.7 Å². The SMILES string of the molecule is O=[N+]([O-])c1cccc(Cl)c1Oc1cccc(Cl)c1CO. The minimum atomic E-state index is -0.593. The van der Waals surface area contributed by atoms with Gasteiger partial charge in [0.1, 0.15) is 5.75 Å². The lowest BCUT2D eigenvalue weighted by Crippen LogP contribution is -1.97. The van der Waals surface area contributed by atoms with Crippen molar-refractivity contribution in [1.82, 2.24) is 0 Å². The zero-order valence-corrected chi connectivity index (χ0v) is 11.6. The van der Waals surface area contributed by atoms with Gasteiger partial charge in [-0.25, -0.2) is 0 Å². The molecular weight excluding hydrogens is 305 g/mol. The lowest BCUT2D eigenvalue weighted by molar-refractivity contribution is -0.385. The highest BCUT2D eigenvalue weighted by atomic mass is 35.5. The van der Waals surface area contributed by atoms with E-state index in [0.717, 1.165) is 0 Å². The third-order valence-corrected chi connectivity index (χ3v) is 3.24. The molecular formula is C13H9Cl2NO4. The summed E-state index contributed by atoms with van der Waals surface area (Å²) in [6, 6.07) is 8.96. The van der Waals surface area contributed by atoms with Crippen molar-refractivity contribution < 1.29 is 14.8 Å². The number of para-hydroxylation sites is 1. The van der Waals surface area contributed by atoms with Gasteiger partial charge in [0.25, 0.3) is 0 Å². The lowest BCUT2D eigenvalue weighted by atomic mass is 10.2. The van der Waals surface area contributed by atoms with Crippen LogP contribution in [0.2, 0.25) is 10.0 Å². The Balaban J connectivity index is 2.50. The zero-order chi connectivity index (χ0) is 14.7. The summed E-state index contributed by atoms with van der Waals surface area (Å²) < 4.78 is 5.49. The molecule has 7 heteroatoms. The van der Waals surface area contributed by atoms with Gasteiger partial charge in [0.15, 0.2) is 0 Å². The van der Waals surface area contributed by atoms with Gasteiger partial charge in [0.05, 0.1) is 16.6 Å². The molecule has 0 fully saturated rings. The predicted molar refractivity (Wildman–Crippen MR) is 75.6 cm³/mol. The van der Waals surface area contributed by atoms with Crippen LogP contribution in [-0.2, 0) is 6.61 Å². The number of ether oxygens (including phenoxy) is 1. The largest absolute Gasteiger partial charge is 0.448 e. The summed E-state index contributed by atoms with van der Waals surface area (Å²) in [5.41, 5.74) is 0.0738. The number of nitrogens with zero attached hydrogens (tertiary/aromatic N) is 1. The average molecular weight is 314 g/mol. The van der Waals surface area contributed by atoms with Crippen molar-refractivity contribution in [3.8, 4) is 11.5 Å². The monoisotopic (exact) mass is 313 g/mol. The molecule has 0 atom stereocenters. The van der Waals surface area contributed by atoms with Crippen molar-refractivity contribution in [2.75, 3.05) is 0 Å². The molecule has 0 spiro atoms. The van der Waals surface area contributed by atoms with E-state index in [1.54, 1.807) is 18.2 Å². The number of aliphatic hydroxyl groups is 1. The lowest BCUT2D eigenvalue weighted by Gasteiger charge is -2.12. The van der Waals surface area contributed by atoms with Gasteiger partial charge in [-0.15, -0.1) is 0 Å². The molecule has 20 heavy (non-hydrogen) atoms. The normalized spacial score (nSPS) is 10.3. The van der Waals surface area contributed by atoms with Crippen LogP contribution in [0.5, 0.6) is 11.5 Å². The van der Waals surface area contributed by atoms with E-state index >= 15 is 0 Å². The number of hydrogen-bond acceptors (Lipinski definition) is 4. The summed E-state index contributed by atoms with van der Waals surface area (Å²) in [7, 11) is 0. The van der Waals surface area contributed by atoms with E-state index in [2.05, 4.69) is 0 Å². The minimum Gasteiger partial charge on any atom is -0.448 e. The highest BCUT2D eigenvalue weighted by Gasteiger charge is 2.20. The molecule has 104 valence electrons. The van der Waals surface area contributed by atoms with Crippen LogP contribution in [0.15, 0.2) is 36.4 Å². The quantitative estimate of drug-likeness (QED) is 0.678. The van der Waals surface area contributed by atoms with E-state index in [4.69, 9.17) is 27.9 Å². The van der Waals surface area contributed by atoms with Crippen molar-refractivity contribution in [2.45, 2.75) is 6.61 Å². The number of aliphatic hydroxyl groups excluding tert-OH is 1. The van der Waals surface area contributed by atoms with Crippen LogP contribution >= 0.6 is 23.2 Å². The van der Waals surface area contributed by atoms with E-state index in [1.165, 1.54) is 18.2 Å². The predicted octanol–water partition coefficient (Wildman–Crippen LogP) is 4.19. The van der Waals surface area contributed by atoms with Crippen LogP contribution in [0.3, 0.4) is 0 Å². The summed E-state index contributed by atoms with van der Waals surface area (Å²) in [6.45, 7) is -0.354. The third-order valence-electron chi connectivity index (χ3n) is 2.59. The topological polar surface area (TPSA) is 72.6 Å². The fourth-order valence-corrected chi connectivity index (χ4v) is 2.07. The van der Waals surface area contributed by atoms with E-state index in [9.17, 15) is 15.2 Å². The van der Waals surface area contributed by atoms with E-state index in [0.29, 0.717) is 10.6 Å². The molecule has 0 aliphatic carbocycles. The van der Waals surface area contributed by atoms with Gasteiger partial charge in [-0.2, -0.15) is 0 Å². The highest BCUT2D eigenvalue weighted by Crippen LogP contribution is 2.39. The van der Waals surface area contributed by atoms with Gasteiger partial charge in [-0.3, -0.25) is 10.1 Å². The highest BCUT2D eigenvalue weighted by molar-refractivity contribution is 6.32. The Kier molecular flexibility index (Phi) is 4.44. The van der Waals surface area contributed by atoms with E-state index in [-0.39, 0.29) is 28.8 Å². The van der Waals surface area contributed by atoms with Crippen LogP contribution in [0.4, 0.5) is 5.69 Å². The second-order valence-corrected chi connectivity index (χ2v) is 4.64. The van der Waals surface area contributed by atoms with Gasteiger partial charge in [-0.05, 0) is 18.2 Å². The molecule has 0 amide bonds. The Morgan fingerprint density at radius 3 is 2.45 bits per heavy atom. The van der Waals surface area contributed by atoms with E-state index < -0.39 is 4.92 Å². The van der Waals surface area contributed by atoms with Crippen LogP contribution < -0.4 is 4.74 Å². The van der Waals surface area contributed by atoms with Gasteiger partial charge < -0.3 is 9.84 Å². The smallest absolute Gasteiger partial charge is 0.313 e. The molecule has 0 aliphatic rings. The van der Waals surface area contributed by atoms with Crippen molar-refractivity contribution in [3.63, 3.8) is 0 Å². The Labute approximate surface area is 124 Å². The summed E-state index contributed by atoms with van der Waals surface area (Å²) in [5.74, 6) is 0.132. The average Bonchev–Trinajstić information content (AvgIpc) is 2.41. The number of nitro benzene ring substituents is 1. The second kappa shape index (κ2) is 6.09. The molecule has 2 rings (SSSR count). The third kappa shape index (κ3) is 2.85. The van der Waals surface area contributed by atoms with Crippen LogP contribution in [0.1, 0.15) is 5.56 Å². The Bertz CT molecular complexity index is 661. The number of benzene rings is 2. The first kappa shape index (κ1) is 14.6. The first-order valence-electron chi connectivity index (χ1n) is 5.53. The molecule has 2 aromatic carbocycles. The van der Waals surface area contributed by atoms with Crippen molar-refractivity contribution in [2.24, 2.45) is 0 Å². The number of halogens is 2. The minimum absolute atomic E-state index is 0.0869. The number of hydrogen-bond donors (Lipinski definition) is 1. The molecule has 0 aliphatic heterocycles. The number of rotatable bonds is 4. The Morgan fingerprint density at radius 1 is 1.15 bits per heavy atom. The molecule has 1 N–H and O–H groups in total. The molecule has 0 bridgehead atoms. The van der Waals surface area contributed by atoms with Crippen molar-refractivity contribution in [1.29, 1.82) is 0 Å². The molecule has 2 aromatic rings. The summed E-state index contributed by atoms with van der Waals surface area (Å²) in [6.07, 6.45) is 0. The maximum Gasteiger partial charge on any atom is 0.313 e. The summed E-state index contributed by atoms with van der Waals surface area (Å²) in [5, 5.41) is 20.7. The van der Waals surface area contributed by atoms with Gasteiger partial charge >= 0.3 is 5.69 Å². The molecule has 0 unspecified atom stereocenters. The first-order valence-corrected chi connectivity index (χ1v) is 6.29. The molecule has 0 aromatic heterocycles. The zero-order valence-electron chi connectivity index (χ0n) is 10.0. The number of nitro groups is 1. The molecule has 0 radical (unpaired) electrons. The fraction of sp³-hybridized carbons (Fsp3) is 0.0769. The maximum atomic E-state index is 11.0. The van der Waals surface area contributed by atoms with Crippen molar-refractivity contribution >= 4 is 28.9 Å². The Hall–Kier alpha value is -1.82. The molecule has 5 nitrogen and oxygen atoms in total. The Morgan fingerprint density at radius 2 is 1.80 bits per heavy atom. The fourth-order valence-electron chi connectivity index (χ4n) is 1.64. The van der Waals surface area contributed by atoms with Crippen LogP contribution in [-0.4, -0.2) is 10.0 Å². The van der Waals surface area contributed by atoms with Crippen LogP contribution in [0, 0.1) is 10.1 Å². The van der Waals surface area contributed by atoms with Gasteiger partial charge in [-0.1, -0.05) is 35.3 Å². The summed E-state index contributed by atoms with van der Waals surface area (Å²) >= 11 is 11.9. The summed E-state index contributed by atoms with van der Waals surface area (Å²) in [4.78, 5) is 10.4. The molecule has 0 heterocycles. The standard InChI is InChI=1S/C13H9Cl2NO4/c14-9-3-2-6-12(8(9)7-17)20-13-10(15)4-1-5-11(13)16(18)19/h1-6,17H,7H2. The van der Waals surface area contributed by atoms with E-state index in [1.807, 2.05) is 0 Å². The molecule has 0 saturated heterocycles.